The molecule has 24 heavy (non-hydrogen) atoms. The SMILES string of the molecule is CCCOc1c(Cl)cc(C(=O)N2CCC[C@H]2C(=O)O)cc1OCC. The number of carbonyl (C=O) groups is 2. The Bertz CT molecular complexity index is 619. The summed E-state index contributed by atoms with van der Waals surface area (Å²) in [4.78, 5) is 25.4. The maximum Gasteiger partial charge on any atom is 0.326 e. The normalized spacial score (nSPS) is 17.0. The smallest absolute Gasteiger partial charge is 0.326 e. The molecule has 1 amide bonds. The number of rotatable bonds is 7. The monoisotopic (exact) mass is 355 g/mol. The summed E-state index contributed by atoms with van der Waals surface area (Å²) < 4.78 is 11.2. The second kappa shape index (κ2) is 8.24. The Balaban J connectivity index is 2.32. The second-order valence-corrected chi connectivity index (χ2v) is 5.97. The summed E-state index contributed by atoms with van der Waals surface area (Å²) in [5.74, 6) is -0.536. The summed E-state index contributed by atoms with van der Waals surface area (Å²) in [5.41, 5.74) is 0.306. The van der Waals surface area contributed by atoms with Crippen LogP contribution in [0.3, 0.4) is 0 Å². The number of benzene rings is 1. The lowest BCUT2D eigenvalue weighted by molar-refractivity contribution is -0.141. The van der Waals surface area contributed by atoms with Crippen molar-refractivity contribution in [2.24, 2.45) is 0 Å². The lowest BCUT2D eigenvalue weighted by Gasteiger charge is -2.22. The highest BCUT2D eigenvalue weighted by Gasteiger charge is 2.35. The number of ether oxygens (including phenoxy) is 2. The Labute approximate surface area is 146 Å². The van der Waals surface area contributed by atoms with Crippen LogP contribution in [0.25, 0.3) is 0 Å². The van der Waals surface area contributed by atoms with Crippen molar-refractivity contribution in [1.82, 2.24) is 4.90 Å². The van der Waals surface area contributed by atoms with E-state index < -0.39 is 12.0 Å². The van der Waals surface area contributed by atoms with Crippen LogP contribution in [0.15, 0.2) is 12.1 Å². The van der Waals surface area contributed by atoms with Gasteiger partial charge in [-0.15, -0.1) is 0 Å². The van der Waals surface area contributed by atoms with E-state index in [1.807, 2.05) is 13.8 Å². The molecule has 1 atom stereocenters. The van der Waals surface area contributed by atoms with E-state index in [9.17, 15) is 14.7 Å². The predicted molar refractivity (Wildman–Crippen MR) is 90.1 cm³/mol. The standard InChI is InChI=1S/C17H22ClNO5/c1-3-8-24-15-12(18)9-11(10-14(15)23-4-2)16(20)19-7-5-6-13(19)17(21)22/h9-10,13H,3-8H2,1-2H3,(H,21,22)/t13-/m0/s1. The molecule has 1 aliphatic heterocycles. The lowest BCUT2D eigenvalue weighted by atomic mass is 10.1. The molecule has 1 aromatic rings. The van der Waals surface area contributed by atoms with Gasteiger partial charge in [0.15, 0.2) is 11.5 Å². The van der Waals surface area contributed by atoms with Crippen molar-refractivity contribution < 1.29 is 24.2 Å². The number of nitrogens with zero attached hydrogens (tertiary/aromatic N) is 1. The van der Waals surface area contributed by atoms with Crippen LogP contribution in [0.1, 0.15) is 43.5 Å². The van der Waals surface area contributed by atoms with E-state index in [4.69, 9.17) is 21.1 Å². The zero-order chi connectivity index (χ0) is 17.7. The van der Waals surface area contributed by atoms with Crippen molar-refractivity contribution in [3.8, 4) is 11.5 Å². The van der Waals surface area contributed by atoms with Crippen molar-refractivity contribution in [2.45, 2.75) is 39.2 Å². The minimum Gasteiger partial charge on any atom is -0.490 e. The molecular weight excluding hydrogens is 334 g/mol. The van der Waals surface area contributed by atoms with E-state index in [0.717, 1.165) is 6.42 Å². The van der Waals surface area contributed by atoms with Crippen LogP contribution in [0.2, 0.25) is 5.02 Å². The van der Waals surface area contributed by atoms with E-state index in [1.165, 1.54) is 11.0 Å². The zero-order valence-corrected chi connectivity index (χ0v) is 14.6. The first kappa shape index (κ1) is 18.4. The average molecular weight is 356 g/mol. The highest BCUT2D eigenvalue weighted by atomic mass is 35.5. The third kappa shape index (κ3) is 3.93. The molecule has 132 valence electrons. The second-order valence-electron chi connectivity index (χ2n) is 5.56. The van der Waals surface area contributed by atoms with E-state index in [0.29, 0.717) is 49.7 Å². The van der Waals surface area contributed by atoms with E-state index >= 15 is 0 Å². The molecule has 0 bridgehead atoms. The van der Waals surface area contributed by atoms with Crippen molar-refractivity contribution in [3.63, 3.8) is 0 Å². The minimum atomic E-state index is -0.986. The van der Waals surface area contributed by atoms with E-state index in [1.54, 1.807) is 6.07 Å². The van der Waals surface area contributed by atoms with Gasteiger partial charge in [0.2, 0.25) is 0 Å². The summed E-state index contributed by atoms with van der Waals surface area (Å²) in [6.45, 7) is 5.11. The number of halogens is 1. The molecule has 0 aliphatic carbocycles. The fourth-order valence-electron chi connectivity index (χ4n) is 2.73. The highest BCUT2D eigenvalue weighted by Crippen LogP contribution is 2.37. The summed E-state index contributed by atoms with van der Waals surface area (Å²) >= 11 is 6.26. The molecule has 0 saturated carbocycles. The van der Waals surface area contributed by atoms with Gasteiger partial charge in [0, 0.05) is 12.1 Å². The summed E-state index contributed by atoms with van der Waals surface area (Å²) in [6.07, 6.45) is 1.95. The Kier molecular flexibility index (Phi) is 6.31. The summed E-state index contributed by atoms with van der Waals surface area (Å²) in [5, 5.41) is 9.53. The molecule has 1 aliphatic rings. The molecule has 0 unspecified atom stereocenters. The maximum atomic E-state index is 12.7. The van der Waals surface area contributed by atoms with Crippen molar-refractivity contribution >= 4 is 23.5 Å². The molecule has 2 rings (SSSR count). The zero-order valence-electron chi connectivity index (χ0n) is 13.9. The number of aliphatic carboxylic acids is 1. The fraction of sp³-hybridized carbons (Fsp3) is 0.529. The van der Waals surface area contributed by atoms with Crippen LogP contribution in [-0.4, -0.2) is 47.7 Å². The van der Waals surface area contributed by atoms with Gasteiger partial charge in [0.05, 0.1) is 18.2 Å². The van der Waals surface area contributed by atoms with Gasteiger partial charge in [-0.05, 0) is 38.3 Å². The third-order valence-corrected chi connectivity index (χ3v) is 4.09. The third-order valence-electron chi connectivity index (χ3n) is 3.81. The maximum absolute atomic E-state index is 12.7. The fourth-order valence-corrected chi connectivity index (χ4v) is 3.00. The molecule has 0 aromatic heterocycles. The molecule has 0 radical (unpaired) electrons. The molecule has 1 N–H and O–H groups in total. The minimum absolute atomic E-state index is 0.281. The Morgan fingerprint density at radius 3 is 2.71 bits per heavy atom. The molecule has 7 heteroatoms. The molecule has 6 nitrogen and oxygen atoms in total. The largest absolute Gasteiger partial charge is 0.490 e. The Morgan fingerprint density at radius 1 is 1.33 bits per heavy atom. The molecule has 1 heterocycles. The lowest BCUT2D eigenvalue weighted by Crippen LogP contribution is -2.40. The Morgan fingerprint density at radius 2 is 2.08 bits per heavy atom. The van der Waals surface area contributed by atoms with Gasteiger partial charge in [0.1, 0.15) is 6.04 Å². The van der Waals surface area contributed by atoms with Gasteiger partial charge in [0.25, 0.3) is 5.91 Å². The molecule has 0 spiro atoms. The van der Waals surface area contributed by atoms with Gasteiger partial charge < -0.3 is 19.5 Å². The van der Waals surface area contributed by atoms with Crippen molar-refractivity contribution in [1.29, 1.82) is 0 Å². The van der Waals surface area contributed by atoms with Crippen molar-refractivity contribution in [3.05, 3.63) is 22.7 Å². The summed E-state index contributed by atoms with van der Waals surface area (Å²) in [7, 11) is 0. The highest BCUT2D eigenvalue weighted by molar-refractivity contribution is 6.32. The first-order chi connectivity index (χ1) is 11.5. The van der Waals surface area contributed by atoms with Crippen molar-refractivity contribution in [2.75, 3.05) is 19.8 Å². The van der Waals surface area contributed by atoms with Gasteiger partial charge >= 0.3 is 5.97 Å². The van der Waals surface area contributed by atoms with Crippen LogP contribution in [0, 0.1) is 0 Å². The van der Waals surface area contributed by atoms with Gasteiger partial charge in [-0.3, -0.25) is 4.79 Å². The molecule has 1 fully saturated rings. The predicted octanol–water partition coefficient (Wildman–Crippen LogP) is 3.22. The van der Waals surface area contributed by atoms with Crippen LogP contribution in [0.5, 0.6) is 11.5 Å². The van der Waals surface area contributed by atoms with Gasteiger partial charge in [-0.25, -0.2) is 4.79 Å². The van der Waals surface area contributed by atoms with Gasteiger partial charge in [-0.1, -0.05) is 18.5 Å². The first-order valence-corrected chi connectivity index (χ1v) is 8.50. The van der Waals surface area contributed by atoms with Crippen LogP contribution in [-0.2, 0) is 4.79 Å². The number of hydrogen-bond acceptors (Lipinski definition) is 4. The number of carboxylic acids is 1. The number of amides is 1. The van der Waals surface area contributed by atoms with Crippen LogP contribution < -0.4 is 9.47 Å². The average Bonchev–Trinajstić information content (AvgIpc) is 3.03. The van der Waals surface area contributed by atoms with E-state index in [-0.39, 0.29) is 10.9 Å². The number of likely N-dealkylation sites (tertiary alicyclic amines) is 1. The molecule has 1 aromatic carbocycles. The quantitative estimate of drug-likeness (QED) is 0.812. The topological polar surface area (TPSA) is 76.1 Å². The number of hydrogen-bond donors (Lipinski definition) is 1. The molecule has 1 saturated heterocycles. The molecular formula is C17H22ClNO5. The summed E-state index contributed by atoms with van der Waals surface area (Å²) in [6, 6.07) is 2.29. The van der Waals surface area contributed by atoms with Gasteiger partial charge in [-0.2, -0.15) is 0 Å². The van der Waals surface area contributed by atoms with Crippen LogP contribution in [0.4, 0.5) is 0 Å². The first-order valence-electron chi connectivity index (χ1n) is 8.12. The number of carboxylic acid groups (broad SMARTS) is 1. The number of carbonyl (C=O) groups excluding carboxylic acids is 1. The van der Waals surface area contributed by atoms with E-state index in [2.05, 4.69) is 0 Å². The van der Waals surface area contributed by atoms with Crippen LogP contribution >= 0.6 is 11.6 Å². The Hall–Kier alpha value is -1.95.